The molecule has 0 atom stereocenters. The molecule has 3 N–H and O–H groups in total. The van der Waals surface area contributed by atoms with Crippen molar-refractivity contribution in [2.24, 2.45) is 0 Å². The molecular weight excluding hydrogens is 312 g/mol. The maximum absolute atomic E-state index is 12.4. The highest BCUT2D eigenvalue weighted by molar-refractivity contribution is 7.15. The zero-order chi connectivity index (χ0) is 15.8. The number of thiazole rings is 1. The summed E-state index contributed by atoms with van der Waals surface area (Å²) in [5, 5.41) is 7.32. The Balaban J connectivity index is 1.57. The monoisotopic (exact) mass is 326 g/mol. The van der Waals surface area contributed by atoms with E-state index < -0.39 is 0 Å². The highest BCUT2D eigenvalue weighted by Crippen LogP contribution is 2.35. The lowest BCUT2D eigenvalue weighted by atomic mass is 9.89. The standard InChI is InChI=1S/C16H14N4O2S/c17-16-19-8-10(23-16)7-18-15(21)13-12-6-5-9-3-1-2-4-11(9)14(12)22-20-13/h1-4,8H,5-7H2,(H2,17,19)(H,18,21). The van der Waals surface area contributed by atoms with Crippen molar-refractivity contribution < 1.29 is 9.32 Å². The average molecular weight is 326 g/mol. The number of anilines is 1. The summed E-state index contributed by atoms with van der Waals surface area (Å²) in [4.78, 5) is 17.3. The molecule has 1 aliphatic carbocycles. The van der Waals surface area contributed by atoms with Gasteiger partial charge in [-0.1, -0.05) is 29.4 Å². The number of nitrogens with two attached hydrogens (primary N) is 1. The lowest BCUT2D eigenvalue weighted by Gasteiger charge is -2.14. The molecule has 4 rings (SSSR count). The van der Waals surface area contributed by atoms with Crippen LogP contribution in [0.5, 0.6) is 0 Å². The third-order valence-corrected chi connectivity index (χ3v) is 4.73. The van der Waals surface area contributed by atoms with Crippen LogP contribution in [0.2, 0.25) is 0 Å². The van der Waals surface area contributed by atoms with Gasteiger partial charge < -0.3 is 15.6 Å². The predicted octanol–water partition coefficient (Wildman–Crippen LogP) is 2.41. The van der Waals surface area contributed by atoms with Crippen LogP contribution in [0.3, 0.4) is 0 Å². The van der Waals surface area contributed by atoms with Crippen molar-refractivity contribution in [2.45, 2.75) is 19.4 Å². The number of amides is 1. The Bertz CT molecular complexity index is 884. The Hall–Kier alpha value is -2.67. The number of nitrogens with zero attached hydrogens (tertiary/aromatic N) is 2. The minimum absolute atomic E-state index is 0.235. The van der Waals surface area contributed by atoms with Crippen LogP contribution in [-0.2, 0) is 19.4 Å². The summed E-state index contributed by atoms with van der Waals surface area (Å²) in [6.45, 7) is 0.381. The second kappa shape index (κ2) is 5.51. The van der Waals surface area contributed by atoms with Crippen molar-refractivity contribution in [3.63, 3.8) is 0 Å². The topological polar surface area (TPSA) is 94.0 Å². The van der Waals surface area contributed by atoms with Gasteiger partial charge in [0, 0.05) is 22.2 Å². The van der Waals surface area contributed by atoms with Crippen LogP contribution in [0.25, 0.3) is 11.3 Å². The van der Waals surface area contributed by atoms with Crippen LogP contribution in [0.15, 0.2) is 35.0 Å². The molecule has 6 nitrogen and oxygen atoms in total. The molecule has 1 aliphatic rings. The number of benzene rings is 1. The molecular formula is C16H14N4O2S. The largest absolute Gasteiger partial charge is 0.375 e. The summed E-state index contributed by atoms with van der Waals surface area (Å²) in [7, 11) is 0. The second-order valence-corrected chi connectivity index (χ2v) is 6.49. The Kier molecular flexibility index (Phi) is 3.34. The van der Waals surface area contributed by atoms with Crippen LogP contribution >= 0.6 is 11.3 Å². The van der Waals surface area contributed by atoms with E-state index in [9.17, 15) is 4.79 Å². The number of carbonyl (C=O) groups excluding carboxylic acids is 1. The first-order valence-electron chi connectivity index (χ1n) is 7.27. The zero-order valence-electron chi connectivity index (χ0n) is 12.2. The molecule has 0 spiro atoms. The Labute approximate surface area is 136 Å². The smallest absolute Gasteiger partial charge is 0.274 e. The second-order valence-electron chi connectivity index (χ2n) is 5.34. The lowest BCUT2D eigenvalue weighted by Crippen LogP contribution is -2.24. The van der Waals surface area contributed by atoms with Gasteiger partial charge in [-0.25, -0.2) is 4.98 Å². The number of rotatable bonds is 3. The Morgan fingerprint density at radius 1 is 1.35 bits per heavy atom. The SMILES string of the molecule is Nc1ncc(CNC(=O)c2noc3c2CCc2ccccc2-3)s1. The fraction of sp³-hybridized carbons (Fsp3) is 0.188. The van der Waals surface area contributed by atoms with E-state index in [1.807, 2.05) is 18.2 Å². The molecule has 7 heteroatoms. The van der Waals surface area contributed by atoms with Gasteiger partial charge in [0.25, 0.3) is 5.91 Å². The molecule has 0 saturated heterocycles. The minimum atomic E-state index is -0.235. The lowest BCUT2D eigenvalue weighted by molar-refractivity contribution is 0.0941. The summed E-state index contributed by atoms with van der Waals surface area (Å²) in [5.41, 5.74) is 9.08. The minimum Gasteiger partial charge on any atom is -0.375 e. The van der Waals surface area contributed by atoms with Gasteiger partial charge in [-0.3, -0.25) is 4.79 Å². The molecule has 0 aliphatic heterocycles. The van der Waals surface area contributed by atoms with Gasteiger partial charge in [0.15, 0.2) is 16.6 Å². The molecule has 0 saturated carbocycles. The molecule has 0 bridgehead atoms. The number of hydrogen-bond donors (Lipinski definition) is 2. The maximum Gasteiger partial charge on any atom is 0.274 e. The van der Waals surface area contributed by atoms with Crippen LogP contribution in [-0.4, -0.2) is 16.0 Å². The molecule has 0 unspecified atom stereocenters. The van der Waals surface area contributed by atoms with E-state index in [1.54, 1.807) is 6.20 Å². The van der Waals surface area contributed by atoms with Gasteiger partial charge in [0.2, 0.25) is 0 Å². The van der Waals surface area contributed by atoms with Gasteiger partial charge in [-0.05, 0) is 18.4 Å². The van der Waals surface area contributed by atoms with Gasteiger partial charge >= 0.3 is 0 Å². The highest BCUT2D eigenvalue weighted by atomic mass is 32.1. The number of hydrogen-bond acceptors (Lipinski definition) is 6. The Morgan fingerprint density at radius 3 is 3.04 bits per heavy atom. The molecule has 2 heterocycles. The van der Waals surface area contributed by atoms with Crippen LogP contribution in [0.4, 0.5) is 5.13 Å². The van der Waals surface area contributed by atoms with Gasteiger partial charge in [0.05, 0.1) is 6.54 Å². The molecule has 116 valence electrons. The van der Waals surface area contributed by atoms with Crippen molar-refractivity contribution in [1.82, 2.24) is 15.5 Å². The van der Waals surface area contributed by atoms with Crippen molar-refractivity contribution in [3.8, 4) is 11.3 Å². The number of nitrogens with one attached hydrogen (secondary N) is 1. The first kappa shape index (κ1) is 14.0. The third-order valence-electron chi connectivity index (χ3n) is 3.90. The quantitative estimate of drug-likeness (QED) is 0.771. The molecule has 0 fully saturated rings. The molecule has 23 heavy (non-hydrogen) atoms. The fourth-order valence-electron chi connectivity index (χ4n) is 2.81. The van der Waals surface area contributed by atoms with E-state index in [2.05, 4.69) is 21.5 Å². The van der Waals surface area contributed by atoms with Crippen molar-refractivity contribution >= 4 is 22.4 Å². The zero-order valence-corrected chi connectivity index (χ0v) is 13.0. The van der Waals surface area contributed by atoms with Crippen LogP contribution in [0, 0.1) is 0 Å². The number of fused-ring (bicyclic) bond motifs is 3. The van der Waals surface area contributed by atoms with Crippen molar-refractivity contribution in [1.29, 1.82) is 0 Å². The number of aryl methyl sites for hydroxylation is 1. The summed E-state index contributed by atoms with van der Waals surface area (Å²) in [6.07, 6.45) is 3.30. The van der Waals surface area contributed by atoms with E-state index in [4.69, 9.17) is 10.3 Å². The molecule has 0 radical (unpaired) electrons. The van der Waals surface area contributed by atoms with Gasteiger partial charge in [-0.2, -0.15) is 0 Å². The van der Waals surface area contributed by atoms with Crippen LogP contribution < -0.4 is 11.1 Å². The van der Waals surface area contributed by atoms with E-state index in [0.717, 1.165) is 28.8 Å². The van der Waals surface area contributed by atoms with Crippen molar-refractivity contribution in [3.05, 3.63) is 52.2 Å². The van der Waals surface area contributed by atoms with E-state index >= 15 is 0 Å². The Morgan fingerprint density at radius 2 is 2.22 bits per heavy atom. The van der Waals surface area contributed by atoms with E-state index in [0.29, 0.717) is 23.1 Å². The highest BCUT2D eigenvalue weighted by Gasteiger charge is 2.27. The van der Waals surface area contributed by atoms with Gasteiger partial charge in [0.1, 0.15) is 0 Å². The average Bonchev–Trinajstić information content (AvgIpc) is 3.18. The predicted molar refractivity (Wildman–Crippen MR) is 87.0 cm³/mol. The summed E-state index contributed by atoms with van der Waals surface area (Å²) in [5.74, 6) is 0.473. The van der Waals surface area contributed by atoms with Crippen LogP contribution in [0.1, 0.15) is 26.5 Å². The molecule has 1 amide bonds. The third kappa shape index (κ3) is 2.49. The van der Waals surface area contributed by atoms with Gasteiger partial charge in [-0.15, -0.1) is 11.3 Å². The maximum atomic E-state index is 12.4. The van der Waals surface area contributed by atoms with E-state index in [1.165, 1.54) is 16.9 Å². The first-order valence-corrected chi connectivity index (χ1v) is 8.09. The van der Waals surface area contributed by atoms with Crippen molar-refractivity contribution in [2.75, 3.05) is 5.73 Å². The number of nitrogen functional groups attached to an aromatic ring is 1. The molecule has 2 aromatic heterocycles. The summed E-state index contributed by atoms with van der Waals surface area (Å²) in [6, 6.07) is 8.05. The summed E-state index contributed by atoms with van der Waals surface area (Å²) >= 11 is 1.35. The fourth-order valence-corrected chi connectivity index (χ4v) is 3.43. The molecule has 3 aromatic rings. The summed E-state index contributed by atoms with van der Waals surface area (Å²) < 4.78 is 5.45. The number of carbonyl (C=O) groups is 1. The normalized spacial score (nSPS) is 12.5. The van der Waals surface area contributed by atoms with E-state index in [-0.39, 0.29) is 5.91 Å². The first-order chi connectivity index (χ1) is 11.2. The molecule has 1 aromatic carbocycles. The number of aromatic nitrogens is 2.